The molecule has 17 heavy (non-hydrogen) atoms. The van der Waals surface area contributed by atoms with Gasteiger partial charge >= 0.3 is 0 Å². The minimum Gasteiger partial charge on any atom is -0.393 e. The van der Waals surface area contributed by atoms with Crippen LogP contribution in [0.5, 0.6) is 0 Å². The molecule has 2 unspecified atom stereocenters. The van der Waals surface area contributed by atoms with Gasteiger partial charge in [-0.2, -0.15) is 0 Å². The minimum absolute atomic E-state index is 0.0448. The van der Waals surface area contributed by atoms with E-state index in [0.29, 0.717) is 13.0 Å². The summed E-state index contributed by atoms with van der Waals surface area (Å²) in [5.41, 5.74) is 2.40. The van der Waals surface area contributed by atoms with Crippen molar-refractivity contribution in [1.29, 1.82) is 0 Å². The van der Waals surface area contributed by atoms with Crippen molar-refractivity contribution in [1.82, 2.24) is 4.57 Å². The maximum atomic E-state index is 9.67. The van der Waals surface area contributed by atoms with Gasteiger partial charge < -0.3 is 14.4 Å². The molecule has 1 saturated heterocycles. The van der Waals surface area contributed by atoms with Crippen molar-refractivity contribution in [3.8, 4) is 0 Å². The lowest BCUT2D eigenvalue weighted by Crippen LogP contribution is -2.23. The first-order valence-corrected chi connectivity index (χ1v) is 6.09. The lowest BCUT2D eigenvalue weighted by atomic mass is 9.98. The van der Waals surface area contributed by atoms with Crippen molar-refractivity contribution in [2.75, 3.05) is 6.61 Å². The zero-order valence-corrected chi connectivity index (χ0v) is 9.97. The Morgan fingerprint density at radius 2 is 2.24 bits per heavy atom. The number of aromatic nitrogens is 1. The van der Waals surface area contributed by atoms with Crippen LogP contribution < -0.4 is 0 Å². The van der Waals surface area contributed by atoms with Crippen molar-refractivity contribution < 1.29 is 9.84 Å². The molecule has 90 valence electrons. The fourth-order valence-corrected chi connectivity index (χ4v) is 2.51. The largest absolute Gasteiger partial charge is 0.393 e. The van der Waals surface area contributed by atoms with E-state index in [4.69, 9.17) is 4.74 Å². The second-order valence-corrected chi connectivity index (χ2v) is 4.78. The summed E-state index contributed by atoms with van der Waals surface area (Å²) >= 11 is 0. The topological polar surface area (TPSA) is 34.4 Å². The van der Waals surface area contributed by atoms with Crippen LogP contribution in [0.2, 0.25) is 0 Å². The van der Waals surface area contributed by atoms with Crippen molar-refractivity contribution in [3.05, 3.63) is 36.0 Å². The molecule has 0 radical (unpaired) electrons. The highest BCUT2D eigenvalue weighted by molar-refractivity contribution is 5.80. The quantitative estimate of drug-likeness (QED) is 0.817. The monoisotopic (exact) mass is 231 g/mol. The van der Waals surface area contributed by atoms with Crippen LogP contribution >= 0.6 is 0 Å². The molecule has 2 atom stereocenters. The number of benzene rings is 1. The highest BCUT2D eigenvalue weighted by Gasteiger charge is 2.22. The van der Waals surface area contributed by atoms with Gasteiger partial charge in [-0.15, -0.1) is 0 Å². The van der Waals surface area contributed by atoms with Crippen LogP contribution in [0.3, 0.4) is 0 Å². The van der Waals surface area contributed by atoms with Gasteiger partial charge in [-0.1, -0.05) is 6.07 Å². The third-order valence-corrected chi connectivity index (χ3v) is 3.54. The molecular weight excluding hydrogens is 214 g/mol. The number of nitrogens with zero attached hydrogens (tertiary/aromatic N) is 1. The molecule has 0 bridgehead atoms. The molecule has 3 heteroatoms. The normalized spacial score (nSPS) is 25.3. The zero-order valence-electron chi connectivity index (χ0n) is 9.97. The van der Waals surface area contributed by atoms with E-state index in [2.05, 4.69) is 35.0 Å². The summed E-state index contributed by atoms with van der Waals surface area (Å²) in [6.07, 6.45) is 3.34. The fourth-order valence-electron chi connectivity index (χ4n) is 2.51. The van der Waals surface area contributed by atoms with Crippen LogP contribution in [-0.2, 0) is 11.8 Å². The number of fused-ring (bicyclic) bond motifs is 1. The number of hydrogen-bond donors (Lipinski definition) is 1. The van der Waals surface area contributed by atoms with Crippen molar-refractivity contribution in [2.24, 2.45) is 7.05 Å². The van der Waals surface area contributed by atoms with Gasteiger partial charge in [0.2, 0.25) is 0 Å². The Bertz CT molecular complexity index is 532. The lowest BCUT2D eigenvalue weighted by molar-refractivity contribution is -0.0447. The molecule has 0 amide bonds. The number of rotatable bonds is 1. The van der Waals surface area contributed by atoms with E-state index in [0.717, 1.165) is 6.42 Å². The third-order valence-electron chi connectivity index (χ3n) is 3.54. The van der Waals surface area contributed by atoms with Gasteiger partial charge in [0.05, 0.1) is 12.2 Å². The highest BCUT2D eigenvalue weighted by Crippen LogP contribution is 2.30. The van der Waals surface area contributed by atoms with Crippen LogP contribution in [0.4, 0.5) is 0 Å². The van der Waals surface area contributed by atoms with Crippen molar-refractivity contribution in [2.45, 2.75) is 25.0 Å². The molecule has 0 spiro atoms. The van der Waals surface area contributed by atoms with Crippen LogP contribution in [0.15, 0.2) is 30.5 Å². The molecule has 2 aromatic rings. The lowest BCUT2D eigenvalue weighted by Gasteiger charge is -2.26. The summed E-state index contributed by atoms with van der Waals surface area (Å²) in [6.45, 7) is 0.651. The second-order valence-electron chi connectivity index (χ2n) is 4.78. The molecule has 3 nitrogen and oxygen atoms in total. The van der Waals surface area contributed by atoms with E-state index in [9.17, 15) is 5.11 Å². The Labute approximate surface area is 101 Å². The van der Waals surface area contributed by atoms with E-state index in [1.165, 1.54) is 16.5 Å². The maximum absolute atomic E-state index is 9.67. The van der Waals surface area contributed by atoms with Gasteiger partial charge in [-0.05, 0) is 35.6 Å². The van der Waals surface area contributed by atoms with E-state index >= 15 is 0 Å². The average Bonchev–Trinajstić information content (AvgIpc) is 2.71. The smallest absolute Gasteiger partial charge is 0.0849 e. The summed E-state index contributed by atoms with van der Waals surface area (Å²) in [4.78, 5) is 0. The molecule has 1 aromatic carbocycles. The Balaban J connectivity index is 1.94. The molecule has 1 aliphatic heterocycles. The standard InChI is InChI=1S/C14H17NO2/c1-15-6-4-10-8-11(2-3-13(10)15)14-9-12(16)5-7-17-14/h2-4,6,8,12,14,16H,5,7,9H2,1H3. The van der Waals surface area contributed by atoms with E-state index in [1.54, 1.807) is 0 Å². The van der Waals surface area contributed by atoms with E-state index in [-0.39, 0.29) is 12.2 Å². The molecular formula is C14H17NO2. The maximum Gasteiger partial charge on any atom is 0.0849 e. The van der Waals surface area contributed by atoms with Gasteiger partial charge in [0.15, 0.2) is 0 Å². The Hall–Kier alpha value is -1.32. The van der Waals surface area contributed by atoms with Gasteiger partial charge in [0.1, 0.15) is 0 Å². The summed E-state index contributed by atoms with van der Waals surface area (Å²) in [5, 5.41) is 10.9. The molecule has 0 aliphatic carbocycles. The Kier molecular flexibility index (Phi) is 2.65. The number of hydrogen-bond acceptors (Lipinski definition) is 2. The summed E-state index contributed by atoms with van der Waals surface area (Å²) in [7, 11) is 2.04. The molecule has 1 aliphatic rings. The average molecular weight is 231 g/mol. The third kappa shape index (κ3) is 1.96. The summed E-state index contributed by atoms with van der Waals surface area (Å²) < 4.78 is 7.83. The first-order valence-electron chi connectivity index (χ1n) is 6.09. The van der Waals surface area contributed by atoms with Crippen LogP contribution in [-0.4, -0.2) is 22.4 Å². The number of aryl methyl sites for hydroxylation is 1. The summed E-state index contributed by atoms with van der Waals surface area (Å²) in [5.74, 6) is 0. The van der Waals surface area contributed by atoms with Crippen molar-refractivity contribution >= 4 is 10.9 Å². The van der Waals surface area contributed by atoms with E-state index < -0.39 is 0 Å². The zero-order chi connectivity index (χ0) is 11.8. The van der Waals surface area contributed by atoms with Crippen LogP contribution in [0.25, 0.3) is 10.9 Å². The number of aliphatic hydroxyl groups excluding tert-OH is 1. The minimum atomic E-state index is -0.222. The van der Waals surface area contributed by atoms with Gasteiger partial charge in [0.25, 0.3) is 0 Å². The van der Waals surface area contributed by atoms with Crippen LogP contribution in [0.1, 0.15) is 24.5 Å². The summed E-state index contributed by atoms with van der Waals surface area (Å²) in [6, 6.07) is 8.50. The number of ether oxygens (including phenoxy) is 1. The first-order chi connectivity index (χ1) is 8.24. The van der Waals surface area contributed by atoms with Gasteiger partial charge in [-0.3, -0.25) is 0 Å². The molecule has 3 rings (SSSR count). The predicted molar refractivity (Wildman–Crippen MR) is 66.9 cm³/mol. The molecule has 1 aromatic heterocycles. The van der Waals surface area contributed by atoms with Gasteiger partial charge in [-0.25, -0.2) is 0 Å². The van der Waals surface area contributed by atoms with Crippen LogP contribution in [0, 0.1) is 0 Å². The Morgan fingerprint density at radius 3 is 3.06 bits per heavy atom. The fraction of sp³-hybridized carbons (Fsp3) is 0.429. The van der Waals surface area contributed by atoms with Crippen molar-refractivity contribution in [3.63, 3.8) is 0 Å². The SMILES string of the molecule is Cn1ccc2cc(C3CC(O)CCO3)ccc21. The Morgan fingerprint density at radius 1 is 1.35 bits per heavy atom. The number of aliphatic hydroxyl groups is 1. The second kappa shape index (κ2) is 4.17. The first kappa shape index (κ1) is 10.8. The molecule has 2 heterocycles. The molecule has 1 fully saturated rings. The predicted octanol–water partition coefficient (Wildman–Crippen LogP) is 2.39. The molecule has 1 N–H and O–H groups in total. The van der Waals surface area contributed by atoms with Gasteiger partial charge in [0, 0.05) is 31.8 Å². The van der Waals surface area contributed by atoms with E-state index in [1.807, 2.05) is 7.05 Å². The molecule has 0 saturated carbocycles. The highest BCUT2D eigenvalue weighted by atomic mass is 16.5.